The van der Waals surface area contributed by atoms with E-state index in [1.165, 1.54) is 0 Å². The van der Waals surface area contributed by atoms with Crippen molar-refractivity contribution in [3.63, 3.8) is 0 Å². The molecule has 0 radical (unpaired) electrons. The number of carbonyl (C=O) groups is 3. The van der Waals surface area contributed by atoms with E-state index in [0.29, 0.717) is 17.2 Å². The first-order chi connectivity index (χ1) is 11.3. The molecule has 2 rings (SSSR count). The third kappa shape index (κ3) is 4.38. The predicted molar refractivity (Wildman–Crippen MR) is 86.6 cm³/mol. The Balaban J connectivity index is 2.05. The summed E-state index contributed by atoms with van der Waals surface area (Å²) >= 11 is 5.95. The maximum atomic E-state index is 12.4. The van der Waals surface area contributed by atoms with Crippen molar-refractivity contribution >= 4 is 29.5 Å². The number of nitrogens with two attached hydrogens (primary N) is 1. The fourth-order valence-electron chi connectivity index (χ4n) is 2.42. The van der Waals surface area contributed by atoms with Gasteiger partial charge < -0.3 is 15.2 Å². The quantitative estimate of drug-likeness (QED) is 0.799. The van der Waals surface area contributed by atoms with Gasteiger partial charge in [0.1, 0.15) is 12.4 Å². The first kappa shape index (κ1) is 18.1. The number of urea groups is 1. The minimum Gasteiger partial charge on any atom is -0.492 e. The second-order valence-electron chi connectivity index (χ2n) is 5.92. The average Bonchev–Trinajstić information content (AvgIpc) is 2.50. The number of primary amides is 1. The minimum atomic E-state index is -1.11. The Hall–Kier alpha value is -2.28. The van der Waals surface area contributed by atoms with Crippen LogP contribution in [-0.4, -0.2) is 30.6 Å². The van der Waals surface area contributed by atoms with E-state index in [0.717, 1.165) is 5.56 Å². The first-order valence-electron chi connectivity index (χ1n) is 7.50. The summed E-state index contributed by atoms with van der Waals surface area (Å²) in [6, 6.07) is 4.19. The largest absolute Gasteiger partial charge is 0.492 e. The summed E-state index contributed by atoms with van der Waals surface area (Å²) in [6.07, 6.45) is -0.706. The molecule has 0 bridgehead atoms. The van der Waals surface area contributed by atoms with Crippen molar-refractivity contribution in [1.29, 1.82) is 0 Å². The molecule has 0 aliphatic carbocycles. The zero-order valence-corrected chi connectivity index (χ0v) is 14.1. The summed E-state index contributed by atoms with van der Waals surface area (Å²) in [6.45, 7) is 3.55. The highest BCUT2D eigenvalue weighted by Crippen LogP contribution is 2.30. The van der Waals surface area contributed by atoms with Gasteiger partial charge in [-0.2, -0.15) is 0 Å². The van der Waals surface area contributed by atoms with Gasteiger partial charge in [0, 0.05) is 5.02 Å². The third-order valence-electron chi connectivity index (χ3n) is 3.62. The highest BCUT2D eigenvalue weighted by Gasteiger charge is 2.33. The number of carbonyl (C=O) groups excluding carboxylic acids is 3. The Morgan fingerprint density at radius 1 is 1.38 bits per heavy atom. The number of rotatable bonds is 4. The number of fused-ring (bicyclic) bond motifs is 1. The van der Waals surface area contributed by atoms with Crippen LogP contribution in [0.1, 0.15) is 19.4 Å². The van der Waals surface area contributed by atoms with Crippen molar-refractivity contribution < 1.29 is 23.9 Å². The molecule has 0 fully saturated rings. The van der Waals surface area contributed by atoms with Crippen molar-refractivity contribution in [2.45, 2.75) is 26.4 Å². The van der Waals surface area contributed by atoms with E-state index in [9.17, 15) is 14.4 Å². The number of hydrogen-bond acceptors (Lipinski definition) is 5. The van der Waals surface area contributed by atoms with Gasteiger partial charge in [-0.15, -0.1) is 0 Å². The molecule has 1 aromatic rings. The van der Waals surface area contributed by atoms with E-state index in [2.05, 4.69) is 0 Å². The summed E-state index contributed by atoms with van der Waals surface area (Å²) in [7, 11) is 0. The number of benzene rings is 1. The number of amides is 3. The topological polar surface area (TPSA) is 108 Å². The van der Waals surface area contributed by atoms with Gasteiger partial charge in [-0.1, -0.05) is 25.4 Å². The van der Waals surface area contributed by atoms with E-state index in [4.69, 9.17) is 26.8 Å². The van der Waals surface area contributed by atoms with Crippen LogP contribution in [0.5, 0.6) is 5.75 Å². The molecule has 0 unspecified atom stereocenters. The van der Waals surface area contributed by atoms with Crippen LogP contribution in [0.15, 0.2) is 18.2 Å². The molecular formula is C16H19ClN2O5. The standard InChI is InChI=1S/C16H19ClN2O5/c1-8(2)13(14(20)19-16(18)22)24-15(21)10-5-9-6-11(17)3-4-12(9)23-7-10/h3-4,6,8,10,13H,5,7H2,1-2H3,(H3,18,19,20,22)/t10-,13+/m0/s1. The molecule has 3 N–H and O–H groups in total. The van der Waals surface area contributed by atoms with E-state index < -0.39 is 29.9 Å². The third-order valence-corrected chi connectivity index (χ3v) is 3.85. The molecule has 0 spiro atoms. The number of nitrogens with one attached hydrogen (secondary N) is 1. The summed E-state index contributed by atoms with van der Waals surface area (Å²) in [5, 5.41) is 2.48. The number of ether oxygens (including phenoxy) is 2. The number of hydrogen-bond donors (Lipinski definition) is 2. The van der Waals surface area contributed by atoms with Gasteiger partial charge in [-0.25, -0.2) is 4.79 Å². The molecule has 8 heteroatoms. The molecule has 1 heterocycles. The smallest absolute Gasteiger partial charge is 0.318 e. The second-order valence-corrected chi connectivity index (χ2v) is 6.36. The number of imide groups is 1. The molecule has 3 amide bonds. The lowest BCUT2D eigenvalue weighted by atomic mass is 9.96. The molecule has 7 nitrogen and oxygen atoms in total. The van der Waals surface area contributed by atoms with Gasteiger partial charge in [0.25, 0.3) is 5.91 Å². The summed E-state index contributed by atoms with van der Waals surface area (Å²) in [5.41, 5.74) is 5.73. The zero-order valence-electron chi connectivity index (χ0n) is 13.4. The van der Waals surface area contributed by atoms with Crippen LogP contribution in [0.3, 0.4) is 0 Å². The maximum absolute atomic E-state index is 12.4. The molecule has 130 valence electrons. The Morgan fingerprint density at radius 3 is 2.71 bits per heavy atom. The van der Waals surface area contributed by atoms with E-state index in [-0.39, 0.29) is 12.5 Å². The van der Waals surface area contributed by atoms with Crippen LogP contribution in [0.25, 0.3) is 0 Å². The van der Waals surface area contributed by atoms with Crippen molar-refractivity contribution in [2.75, 3.05) is 6.61 Å². The first-order valence-corrected chi connectivity index (χ1v) is 7.87. The molecule has 1 aromatic carbocycles. The zero-order chi connectivity index (χ0) is 17.9. The van der Waals surface area contributed by atoms with Gasteiger partial charge in [0.15, 0.2) is 6.10 Å². The van der Waals surface area contributed by atoms with Gasteiger partial charge in [0.05, 0.1) is 5.92 Å². The minimum absolute atomic E-state index is 0.149. The Labute approximate surface area is 144 Å². The van der Waals surface area contributed by atoms with Crippen LogP contribution in [-0.2, 0) is 20.7 Å². The van der Waals surface area contributed by atoms with Crippen LogP contribution in [0.2, 0.25) is 5.02 Å². The Bertz CT molecular complexity index is 662. The highest BCUT2D eigenvalue weighted by atomic mass is 35.5. The second kappa shape index (κ2) is 7.53. The fourth-order valence-corrected chi connectivity index (χ4v) is 2.62. The van der Waals surface area contributed by atoms with Crippen molar-refractivity contribution in [3.05, 3.63) is 28.8 Å². The molecular weight excluding hydrogens is 336 g/mol. The predicted octanol–water partition coefficient (Wildman–Crippen LogP) is 1.65. The molecule has 0 aromatic heterocycles. The van der Waals surface area contributed by atoms with E-state index in [1.54, 1.807) is 32.0 Å². The van der Waals surface area contributed by atoms with Crippen LogP contribution < -0.4 is 15.8 Å². The van der Waals surface area contributed by atoms with E-state index in [1.807, 2.05) is 5.32 Å². The molecule has 24 heavy (non-hydrogen) atoms. The Morgan fingerprint density at radius 2 is 2.08 bits per heavy atom. The Kier molecular flexibility index (Phi) is 5.66. The SMILES string of the molecule is CC(C)[C@@H](OC(=O)[C@@H]1COc2ccc(Cl)cc2C1)C(=O)NC(N)=O. The van der Waals surface area contributed by atoms with Gasteiger partial charge in [-0.3, -0.25) is 14.9 Å². The molecule has 0 saturated heterocycles. The lowest BCUT2D eigenvalue weighted by Crippen LogP contribution is -2.46. The molecule has 0 saturated carbocycles. The van der Waals surface area contributed by atoms with Crippen LogP contribution in [0.4, 0.5) is 4.79 Å². The summed E-state index contributed by atoms with van der Waals surface area (Å²) < 4.78 is 10.8. The summed E-state index contributed by atoms with van der Waals surface area (Å²) in [5.74, 6) is -1.52. The molecule has 2 atom stereocenters. The number of halogens is 1. The fraction of sp³-hybridized carbons (Fsp3) is 0.438. The average molecular weight is 355 g/mol. The number of esters is 1. The highest BCUT2D eigenvalue weighted by molar-refractivity contribution is 6.30. The van der Waals surface area contributed by atoms with Crippen molar-refractivity contribution in [2.24, 2.45) is 17.6 Å². The normalized spacial score (nSPS) is 17.4. The lowest BCUT2D eigenvalue weighted by Gasteiger charge is -2.27. The molecule has 1 aliphatic heterocycles. The van der Waals surface area contributed by atoms with E-state index >= 15 is 0 Å². The van der Waals surface area contributed by atoms with Gasteiger partial charge >= 0.3 is 12.0 Å². The van der Waals surface area contributed by atoms with Crippen LogP contribution in [0, 0.1) is 11.8 Å². The lowest BCUT2D eigenvalue weighted by molar-refractivity contribution is -0.163. The van der Waals surface area contributed by atoms with Gasteiger partial charge in [-0.05, 0) is 36.1 Å². The van der Waals surface area contributed by atoms with Crippen molar-refractivity contribution in [3.8, 4) is 5.75 Å². The van der Waals surface area contributed by atoms with Gasteiger partial charge in [0.2, 0.25) is 0 Å². The maximum Gasteiger partial charge on any atom is 0.318 e. The monoisotopic (exact) mass is 354 g/mol. The van der Waals surface area contributed by atoms with Crippen molar-refractivity contribution in [1.82, 2.24) is 5.32 Å². The summed E-state index contributed by atoms with van der Waals surface area (Å²) in [4.78, 5) is 35.1. The van der Waals surface area contributed by atoms with Crippen LogP contribution >= 0.6 is 11.6 Å². The molecule has 1 aliphatic rings.